The van der Waals surface area contributed by atoms with Gasteiger partial charge in [0.2, 0.25) is 0 Å². The normalized spacial score (nSPS) is 10.5. The van der Waals surface area contributed by atoms with E-state index >= 15 is 0 Å². The van der Waals surface area contributed by atoms with Gasteiger partial charge in [0.1, 0.15) is 15.7 Å². The van der Waals surface area contributed by atoms with Crippen molar-refractivity contribution in [2.45, 2.75) is 13.1 Å². The van der Waals surface area contributed by atoms with Crippen LogP contribution in [0.1, 0.15) is 10.8 Å². The maximum absolute atomic E-state index is 10.4. The van der Waals surface area contributed by atoms with Crippen LogP contribution in [-0.4, -0.2) is 9.91 Å². The predicted molar refractivity (Wildman–Crippen MR) is 58.0 cm³/mol. The van der Waals surface area contributed by atoms with Gasteiger partial charge in [0, 0.05) is 18.1 Å². The van der Waals surface area contributed by atoms with Crippen LogP contribution >= 0.6 is 11.3 Å². The summed E-state index contributed by atoms with van der Waals surface area (Å²) in [5.74, 6) is 0.314. The average molecular weight is 239 g/mol. The van der Waals surface area contributed by atoms with Crippen molar-refractivity contribution in [1.29, 1.82) is 0 Å². The fourth-order valence-corrected chi connectivity index (χ4v) is 1.78. The highest BCUT2D eigenvalue weighted by atomic mass is 32.1. The molecule has 84 valence electrons. The Kier molecular flexibility index (Phi) is 3.28. The van der Waals surface area contributed by atoms with E-state index in [1.165, 1.54) is 6.07 Å². The summed E-state index contributed by atoms with van der Waals surface area (Å²) in [6.45, 7) is 1.08. The maximum Gasteiger partial charge on any atom is 0.433 e. The van der Waals surface area contributed by atoms with E-state index in [4.69, 9.17) is 4.42 Å². The van der Waals surface area contributed by atoms with Crippen molar-refractivity contribution < 1.29 is 9.34 Å². The van der Waals surface area contributed by atoms with Gasteiger partial charge in [0.15, 0.2) is 0 Å². The highest BCUT2D eigenvalue weighted by Gasteiger charge is 2.11. The van der Waals surface area contributed by atoms with Crippen molar-refractivity contribution in [1.82, 2.24) is 10.3 Å². The zero-order chi connectivity index (χ0) is 11.4. The molecule has 2 aromatic rings. The summed E-state index contributed by atoms with van der Waals surface area (Å²) < 4.78 is 4.99. The Balaban J connectivity index is 1.83. The number of hydrogen-bond acceptors (Lipinski definition) is 6. The molecule has 16 heavy (non-hydrogen) atoms. The summed E-state index contributed by atoms with van der Waals surface area (Å²) in [6.07, 6.45) is 1.74. The summed E-state index contributed by atoms with van der Waals surface area (Å²) in [5.41, 5.74) is 0. The molecule has 0 amide bonds. The molecule has 7 heteroatoms. The SMILES string of the molecule is O=[N+]([O-])c1ccc(CNCc2nccs2)o1. The molecule has 2 aromatic heterocycles. The zero-order valence-corrected chi connectivity index (χ0v) is 9.07. The minimum atomic E-state index is -0.551. The molecule has 0 radical (unpaired) electrons. The van der Waals surface area contributed by atoms with Gasteiger partial charge in [0.25, 0.3) is 0 Å². The lowest BCUT2D eigenvalue weighted by Gasteiger charge is -1.98. The van der Waals surface area contributed by atoms with Crippen molar-refractivity contribution >= 4 is 17.2 Å². The van der Waals surface area contributed by atoms with Crippen LogP contribution in [0.25, 0.3) is 0 Å². The molecule has 0 atom stereocenters. The van der Waals surface area contributed by atoms with Crippen LogP contribution in [-0.2, 0) is 13.1 Å². The van der Waals surface area contributed by atoms with E-state index in [0.717, 1.165) is 5.01 Å². The van der Waals surface area contributed by atoms with E-state index in [-0.39, 0.29) is 5.88 Å². The molecule has 0 aliphatic carbocycles. The van der Waals surface area contributed by atoms with Gasteiger partial charge in [-0.05, 0) is 6.07 Å². The smallest absolute Gasteiger partial charge is 0.404 e. The molecule has 1 N–H and O–H groups in total. The number of rotatable bonds is 5. The molecule has 0 saturated heterocycles. The number of hydrogen-bond donors (Lipinski definition) is 1. The number of thiazole rings is 1. The molecule has 0 saturated carbocycles. The van der Waals surface area contributed by atoms with Gasteiger partial charge in [-0.1, -0.05) is 0 Å². The van der Waals surface area contributed by atoms with Crippen LogP contribution in [0.2, 0.25) is 0 Å². The first-order valence-electron chi connectivity index (χ1n) is 4.58. The number of nitrogens with one attached hydrogen (secondary N) is 1. The number of aromatic nitrogens is 1. The van der Waals surface area contributed by atoms with Gasteiger partial charge in [-0.15, -0.1) is 11.3 Å². The molecule has 0 bridgehead atoms. The molecular formula is C9H9N3O3S. The summed E-state index contributed by atoms with van der Waals surface area (Å²) in [7, 11) is 0. The molecule has 0 aliphatic rings. The Morgan fingerprint density at radius 1 is 1.50 bits per heavy atom. The molecule has 0 spiro atoms. The lowest BCUT2D eigenvalue weighted by atomic mass is 10.4. The molecule has 2 heterocycles. The van der Waals surface area contributed by atoms with E-state index in [1.54, 1.807) is 23.6 Å². The van der Waals surface area contributed by atoms with Crippen LogP contribution in [0, 0.1) is 10.1 Å². The first kappa shape index (κ1) is 10.8. The topological polar surface area (TPSA) is 81.2 Å². The third-order valence-electron chi connectivity index (χ3n) is 1.89. The Morgan fingerprint density at radius 2 is 2.38 bits per heavy atom. The maximum atomic E-state index is 10.4. The monoisotopic (exact) mass is 239 g/mol. The average Bonchev–Trinajstić information content (AvgIpc) is 2.87. The van der Waals surface area contributed by atoms with Gasteiger partial charge in [0.05, 0.1) is 12.6 Å². The minimum absolute atomic E-state index is 0.231. The standard InChI is InChI=1S/C9H9N3O3S/c13-12(14)9-2-1-7(15-9)5-10-6-8-11-3-4-16-8/h1-4,10H,5-6H2. The summed E-state index contributed by atoms with van der Waals surface area (Å²) in [5, 5.41) is 16.3. The van der Waals surface area contributed by atoms with E-state index in [2.05, 4.69) is 10.3 Å². The molecule has 2 rings (SSSR count). The second-order valence-corrected chi connectivity index (χ2v) is 4.01. The third-order valence-corrected chi connectivity index (χ3v) is 2.67. The van der Waals surface area contributed by atoms with Crippen LogP contribution in [0.5, 0.6) is 0 Å². The van der Waals surface area contributed by atoms with Crippen molar-refractivity contribution in [3.8, 4) is 0 Å². The Bertz CT molecular complexity index is 466. The van der Waals surface area contributed by atoms with Crippen LogP contribution in [0.4, 0.5) is 5.88 Å². The van der Waals surface area contributed by atoms with Crippen LogP contribution < -0.4 is 5.32 Å². The predicted octanol–water partition coefficient (Wildman–Crippen LogP) is 1.93. The highest BCUT2D eigenvalue weighted by Crippen LogP contribution is 2.15. The molecule has 6 nitrogen and oxygen atoms in total. The first-order chi connectivity index (χ1) is 7.75. The van der Waals surface area contributed by atoms with E-state index in [9.17, 15) is 10.1 Å². The van der Waals surface area contributed by atoms with Crippen molar-refractivity contribution in [2.75, 3.05) is 0 Å². The van der Waals surface area contributed by atoms with Crippen LogP contribution in [0.15, 0.2) is 28.1 Å². The lowest BCUT2D eigenvalue weighted by molar-refractivity contribution is -0.402. The number of nitrogens with zero attached hydrogens (tertiary/aromatic N) is 2. The Labute approximate surface area is 95.1 Å². The Morgan fingerprint density at radius 3 is 3.00 bits per heavy atom. The summed E-state index contributed by atoms with van der Waals surface area (Å²) in [6, 6.07) is 2.94. The largest absolute Gasteiger partial charge is 0.433 e. The minimum Gasteiger partial charge on any atom is -0.404 e. The first-order valence-corrected chi connectivity index (χ1v) is 5.46. The fraction of sp³-hybridized carbons (Fsp3) is 0.222. The van der Waals surface area contributed by atoms with Gasteiger partial charge < -0.3 is 9.73 Å². The number of furan rings is 1. The second kappa shape index (κ2) is 4.86. The van der Waals surface area contributed by atoms with Gasteiger partial charge >= 0.3 is 5.88 Å². The lowest BCUT2D eigenvalue weighted by Crippen LogP contribution is -2.11. The molecule has 0 aliphatic heterocycles. The second-order valence-electron chi connectivity index (χ2n) is 3.03. The van der Waals surface area contributed by atoms with Gasteiger partial charge in [-0.3, -0.25) is 10.1 Å². The fourth-order valence-electron chi connectivity index (χ4n) is 1.19. The Hall–Kier alpha value is -1.73. The van der Waals surface area contributed by atoms with Crippen molar-refractivity contribution in [3.05, 3.63) is 44.6 Å². The quantitative estimate of drug-likeness (QED) is 0.637. The molecule has 0 fully saturated rings. The van der Waals surface area contributed by atoms with Crippen molar-refractivity contribution in [2.24, 2.45) is 0 Å². The number of nitro groups is 1. The van der Waals surface area contributed by atoms with Crippen LogP contribution in [0.3, 0.4) is 0 Å². The molecule has 0 unspecified atom stereocenters. The molecule has 0 aromatic carbocycles. The zero-order valence-electron chi connectivity index (χ0n) is 8.25. The summed E-state index contributed by atoms with van der Waals surface area (Å²) >= 11 is 1.56. The van der Waals surface area contributed by atoms with Gasteiger partial charge in [-0.2, -0.15) is 0 Å². The highest BCUT2D eigenvalue weighted by molar-refractivity contribution is 7.09. The van der Waals surface area contributed by atoms with Gasteiger partial charge in [-0.25, -0.2) is 4.98 Å². The van der Waals surface area contributed by atoms with E-state index in [0.29, 0.717) is 18.8 Å². The van der Waals surface area contributed by atoms with Crippen molar-refractivity contribution in [3.63, 3.8) is 0 Å². The van der Waals surface area contributed by atoms with E-state index in [1.807, 2.05) is 5.38 Å². The van der Waals surface area contributed by atoms with E-state index < -0.39 is 4.92 Å². The summed E-state index contributed by atoms with van der Waals surface area (Å²) in [4.78, 5) is 13.9. The molecular weight excluding hydrogens is 230 g/mol. The third kappa shape index (κ3) is 2.65.